The van der Waals surface area contributed by atoms with Crippen molar-refractivity contribution in [2.24, 2.45) is 0 Å². The molecule has 0 saturated carbocycles. The summed E-state index contributed by atoms with van der Waals surface area (Å²) in [5.74, 6) is 1.29. The Hall–Kier alpha value is -2.50. The standard InChI is InChI=1S/C21H28N4O2/c1-27-18-8-9-19-15(11-18)5-4-6-16(19)12-22-21(26)25-10-3-2-7-20(25)17-13-23-24-14-17/h8-9,11,13-14,16,20H,2-7,10,12H2,1H3,(H,22,26)(H,23,24)/t16-,20+/m1/s1. The van der Waals surface area contributed by atoms with Crippen molar-refractivity contribution in [3.05, 3.63) is 47.3 Å². The summed E-state index contributed by atoms with van der Waals surface area (Å²) in [5.41, 5.74) is 3.81. The zero-order chi connectivity index (χ0) is 18.6. The van der Waals surface area contributed by atoms with Gasteiger partial charge in [0.15, 0.2) is 0 Å². The normalized spacial score (nSPS) is 22.2. The summed E-state index contributed by atoms with van der Waals surface area (Å²) >= 11 is 0. The Morgan fingerprint density at radius 1 is 1.33 bits per heavy atom. The Morgan fingerprint density at radius 3 is 3.07 bits per heavy atom. The number of benzene rings is 1. The van der Waals surface area contributed by atoms with Crippen molar-refractivity contribution in [1.29, 1.82) is 0 Å². The zero-order valence-corrected chi connectivity index (χ0v) is 15.9. The average Bonchev–Trinajstić information content (AvgIpc) is 3.26. The second-order valence-electron chi connectivity index (χ2n) is 7.58. The van der Waals surface area contributed by atoms with Crippen LogP contribution < -0.4 is 10.1 Å². The van der Waals surface area contributed by atoms with E-state index in [2.05, 4.69) is 27.6 Å². The van der Waals surface area contributed by atoms with Gasteiger partial charge in [-0.25, -0.2) is 4.79 Å². The van der Waals surface area contributed by atoms with Gasteiger partial charge in [0.05, 0.1) is 19.3 Å². The number of rotatable bonds is 4. The average molecular weight is 368 g/mol. The van der Waals surface area contributed by atoms with Gasteiger partial charge in [-0.1, -0.05) is 6.07 Å². The second-order valence-corrected chi connectivity index (χ2v) is 7.58. The first-order valence-electron chi connectivity index (χ1n) is 9.96. The number of aromatic amines is 1. The maximum absolute atomic E-state index is 12.9. The van der Waals surface area contributed by atoms with Crippen LogP contribution in [0.5, 0.6) is 5.75 Å². The van der Waals surface area contributed by atoms with Crippen molar-refractivity contribution in [2.75, 3.05) is 20.2 Å². The Bertz CT molecular complexity index is 774. The lowest BCUT2D eigenvalue weighted by atomic mass is 9.82. The molecular formula is C21H28N4O2. The van der Waals surface area contributed by atoms with E-state index in [0.29, 0.717) is 12.5 Å². The number of methoxy groups -OCH3 is 1. The van der Waals surface area contributed by atoms with Gasteiger partial charge in [0.2, 0.25) is 0 Å². The first kappa shape index (κ1) is 17.9. The van der Waals surface area contributed by atoms with Gasteiger partial charge in [0.25, 0.3) is 0 Å². The first-order chi connectivity index (χ1) is 13.3. The van der Waals surface area contributed by atoms with E-state index in [9.17, 15) is 4.79 Å². The predicted molar refractivity (Wildman–Crippen MR) is 104 cm³/mol. The van der Waals surface area contributed by atoms with Gasteiger partial charge in [-0.2, -0.15) is 5.10 Å². The number of amides is 2. The van der Waals surface area contributed by atoms with E-state index in [4.69, 9.17) is 4.74 Å². The number of hydrogen-bond donors (Lipinski definition) is 2. The fourth-order valence-corrected chi connectivity index (χ4v) is 4.51. The van der Waals surface area contributed by atoms with Gasteiger partial charge < -0.3 is 15.0 Å². The molecule has 2 aliphatic rings. The summed E-state index contributed by atoms with van der Waals surface area (Å²) < 4.78 is 5.36. The molecule has 2 aromatic rings. The van der Waals surface area contributed by atoms with Crippen LogP contribution in [0.3, 0.4) is 0 Å². The molecule has 2 N–H and O–H groups in total. The smallest absolute Gasteiger partial charge is 0.317 e. The van der Waals surface area contributed by atoms with Gasteiger partial charge in [0, 0.05) is 30.8 Å². The first-order valence-corrected chi connectivity index (χ1v) is 9.96. The SMILES string of the molecule is COc1ccc2c(c1)CCC[C@@H]2CNC(=O)N1CCCC[C@H]1c1cn[nH]c1. The molecule has 4 rings (SSSR count). The van der Waals surface area contributed by atoms with Gasteiger partial charge >= 0.3 is 6.03 Å². The molecule has 1 aromatic carbocycles. The molecule has 6 heteroatoms. The van der Waals surface area contributed by atoms with E-state index in [0.717, 1.165) is 56.4 Å². The van der Waals surface area contributed by atoms with Crippen LogP contribution in [0.1, 0.15) is 60.8 Å². The van der Waals surface area contributed by atoms with Gasteiger partial charge in [-0.05, 0) is 61.8 Å². The number of ether oxygens (including phenoxy) is 1. The zero-order valence-electron chi connectivity index (χ0n) is 15.9. The summed E-state index contributed by atoms with van der Waals surface area (Å²) in [6, 6.07) is 6.50. The molecule has 1 fully saturated rings. The Kier molecular flexibility index (Phi) is 5.32. The topological polar surface area (TPSA) is 70.2 Å². The third kappa shape index (κ3) is 3.80. The van der Waals surface area contributed by atoms with Gasteiger partial charge in [-0.3, -0.25) is 5.10 Å². The van der Waals surface area contributed by atoms with Crippen LogP contribution in [0, 0.1) is 0 Å². The number of aromatic nitrogens is 2. The van der Waals surface area contributed by atoms with Crippen molar-refractivity contribution < 1.29 is 9.53 Å². The molecule has 2 atom stereocenters. The fraction of sp³-hybridized carbons (Fsp3) is 0.524. The number of likely N-dealkylation sites (tertiary alicyclic amines) is 1. The summed E-state index contributed by atoms with van der Waals surface area (Å²) in [6.45, 7) is 1.49. The highest BCUT2D eigenvalue weighted by Gasteiger charge is 2.29. The highest BCUT2D eigenvalue weighted by Crippen LogP contribution is 2.34. The molecule has 2 amide bonds. The Morgan fingerprint density at radius 2 is 2.26 bits per heavy atom. The number of carbonyl (C=O) groups excluding carboxylic acids is 1. The lowest BCUT2D eigenvalue weighted by Gasteiger charge is -2.36. The van der Waals surface area contributed by atoms with Crippen LogP contribution in [0.15, 0.2) is 30.6 Å². The summed E-state index contributed by atoms with van der Waals surface area (Å²) in [4.78, 5) is 14.9. The molecule has 0 spiro atoms. The minimum atomic E-state index is 0.0431. The number of urea groups is 1. The van der Waals surface area contributed by atoms with Gasteiger partial charge in [-0.15, -0.1) is 0 Å². The van der Waals surface area contributed by atoms with Crippen molar-refractivity contribution in [3.8, 4) is 5.75 Å². The summed E-state index contributed by atoms with van der Waals surface area (Å²) in [5, 5.41) is 10.1. The van der Waals surface area contributed by atoms with Crippen LogP contribution in [0.25, 0.3) is 0 Å². The summed E-state index contributed by atoms with van der Waals surface area (Å²) in [7, 11) is 1.71. The minimum Gasteiger partial charge on any atom is -0.497 e. The van der Waals surface area contributed by atoms with Crippen LogP contribution >= 0.6 is 0 Å². The van der Waals surface area contributed by atoms with E-state index in [1.807, 2.05) is 23.4 Å². The lowest BCUT2D eigenvalue weighted by Crippen LogP contribution is -2.45. The molecule has 0 unspecified atom stereocenters. The maximum Gasteiger partial charge on any atom is 0.317 e. The number of aryl methyl sites for hydroxylation is 1. The molecule has 0 radical (unpaired) electrons. The van der Waals surface area contributed by atoms with E-state index in [1.54, 1.807) is 7.11 Å². The molecule has 27 heavy (non-hydrogen) atoms. The number of piperidine rings is 1. The number of nitrogens with zero attached hydrogens (tertiary/aromatic N) is 2. The monoisotopic (exact) mass is 368 g/mol. The maximum atomic E-state index is 12.9. The largest absolute Gasteiger partial charge is 0.497 e. The molecule has 6 nitrogen and oxygen atoms in total. The Balaban J connectivity index is 1.42. The molecule has 1 aliphatic carbocycles. The highest BCUT2D eigenvalue weighted by molar-refractivity contribution is 5.75. The van der Waals surface area contributed by atoms with Crippen molar-refractivity contribution in [1.82, 2.24) is 20.4 Å². The second kappa shape index (κ2) is 8.03. The number of fused-ring (bicyclic) bond motifs is 1. The third-order valence-electron chi connectivity index (χ3n) is 5.96. The van der Waals surface area contributed by atoms with Crippen LogP contribution in [-0.4, -0.2) is 41.3 Å². The minimum absolute atomic E-state index is 0.0431. The van der Waals surface area contributed by atoms with E-state index >= 15 is 0 Å². The van der Waals surface area contributed by atoms with Gasteiger partial charge in [0.1, 0.15) is 5.75 Å². The Labute approximate surface area is 160 Å². The molecule has 2 heterocycles. The molecule has 1 saturated heterocycles. The van der Waals surface area contributed by atoms with Crippen molar-refractivity contribution in [2.45, 2.75) is 50.5 Å². The quantitative estimate of drug-likeness (QED) is 0.863. The number of carbonyl (C=O) groups is 1. The highest BCUT2D eigenvalue weighted by atomic mass is 16.5. The molecule has 0 bridgehead atoms. The fourth-order valence-electron chi connectivity index (χ4n) is 4.51. The number of hydrogen-bond acceptors (Lipinski definition) is 3. The molecule has 1 aromatic heterocycles. The number of nitrogens with one attached hydrogen (secondary N) is 2. The van der Waals surface area contributed by atoms with Crippen molar-refractivity contribution >= 4 is 6.03 Å². The lowest BCUT2D eigenvalue weighted by molar-refractivity contribution is 0.151. The molecule has 144 valence electrons. The number of H-pyrrole nitrogens is 1. The van der Waals surface area contributed by atoms with Crippen LogP contribution in [-0.2, 0) is 6.42 Å². The predicted octanol–water partition coefficient (Wildman–Crippen LogP) is 3.78. The third-order valence-corrected chi connectivity index (χ3v) is 5.96. The molecule has 1 aliphatic heterocycles. The van der Waals surface area contributed by atoms with Crippen LogP contribution in [0.2, 0.25) is 0 Å². The van der Waals surface area contributed by atoms with Crippen LogP contribution in [0.4, 0.5) is 4.79 Å². The van der Waals surface area contributed by atoms with E-state index < -0.39 is 0 Å². The molecular weight excluding hydrogens is 340 g/mol. The van der Waals surface area contributed by atoms with Crippen molar-refractivity contribution in [3.63, 3.8) is 0 Å². The van der Waals surface area contributed by atoms with E-state index in [1.165, 1.54) is 11.1 Å². The summed E-state index contributed by atoms with van der Waals surface area (Å²) in [6.07, 6.45) is 10.3. The van der Waals surface area contributed by atoms with E-state index in [-0.39, 0.29) is 12.1 Å².